The average molecular weight is 475 g/mol. The summed E-state index contributed by atoms with van der Waals surface area (Å²) in [6.45, 7) is 10.1. The topological polar surface area (TPSA) is 73.8 Å². The molecule has 1 atom stereocenters. The first kappa shape index (κ1) is 23.5. The van der Waals surface area contributed by atoms with Crippen molar-refractivity contribution in [3.05, 3.63) is 53.0 Å². The number of piperazine rings is 1. The van der Waals surface area contributed by atoms with Crippen LogP contribution in [0, 0.1) is 25.6 Å². The molecule has 0 saturated carbocycles. The van der Waals surface area contributed by atoms with Crippen molar-refractivity contribution >= 4 is 27.4 Å². The lowest BCUT2D eigenvalue weighted by Gasteiger charge is -2.36. The quantitative estimate of drug-likeness (QED) is 0.679. The van der Waals surface area contributed by atoms with Crippen LogP contribution in [-0.2, 0) is 10.0 Å². The molecule has 0 N–H and O–H groups in total. The van der Waals surface area contributed by atoms with Gasteiger partial charge in [0, 0.05) is 38.4 Å². The number of pyridine rings is 1. The average Bonchev–Trinajstić information content (AvgIpc) is 3.08. The second-order valence-corrected chi connectivity index (χ2v) is 11.3. The van der Waals surface area contributed by atoms with Gasteiger partial charge in [0.2, 0.25) is 10.0 Å². The number of rotatable bonds is 4. The number of anilines is 2. The molecule has 2 aliphatic heterocycles. The van der Waals surface area contributed by atoms with Crippen molar-refractivity contribution < 1.29 is 17.6 Å². The minimum atomic E-state index is -3.48. The van der Waals surface area contributed by atoms with E-state index in [2.05, 4.69) is 16.0 Å². The molecule has 2 fully saturated rings. The van der Waals surface area contributed by atoms with E-state index in [1.54, 1.807) is 11.0 Å². The Morgan fingerprint density at radius 2 is 1.82 bits per heavy atom. The number of benzene rings is 1. The summed E-state index contributed by atoms with van der Waals surface area (Å²) in [5, 5.41) is 0. The van der Waals surface area contributed by atoms with Crippen molar-refractivity contribution in [2.45, 2.75) is 40.2 Å². The molecule has 1 aromatic heterocycles. The fourth-order valence-corrected chi connectivity index (χ4v) is 6.73. The number of nitrogens with zero attached hydrogens (tertiary/aromatic N) is 4. The first-order valence-corrected chi connectivity index (χ1v) is 13.0. The van der Waals surface area contributed by atoms with Crippen molar-refractivity contribution in [3.63, 3.8) is 0 Å². The Morgan fingerprint density at radius 1 is 1.12 bits per heavy atom. The van der Waals surface area contributed by atoms with Crippen molar-refractivity contribution in [3.8, 4) is 0 Å². The lowest BCUT2D eigenvalue weighted by Crippen LogP contribution is -2.49. The first-order valence-electron chi connectivity index (χ1n) is 11.4. The largest absolute Gasteiger partial charge is 0.353 e. The summed E-state index contributed by atoms with van der Waals surface area (Å²) in [5.41, 5.74) is 2.44. The molecule has 178 valence electrons. The van der Waals surface area contributed by atoms with Crippen LogP contribution >= 0.6 is 0 Å². The third kappa shape index (κ3) is 4.55. The molecule has 9 heteroatoms. The SMILES string of the molecule is Cc1cnc(N2CCN(C(=O)c3ccc(N4[C@H](C(C)C)CCS4(=O)=O)cc3F)CC2)c(C)c1. The molecule has 1 aromatic carbocycles. The maximum atomic E-state index is 15.0. The van der Waals surface area contributed by atoms with Crippen LogP contribution in [0.15, 0.2) is 30.5 Å². The Labute approximate surface area is 195 Å². The molecule has 0 unspecified atom stereocenters. The summed E-state index contributed by atoms with van der Waals surface area (Å²) in [5.74, 6) is -0.000469. The monoisotopic (exact) mass is 474 g/mol. The fourth-order valence-electron chi connectivity index (χ4n) is 4.79. The minimum Gasteiger partial charge on any atom is -0.353 e. The number of hydrogen-bond donors (Lipinski definition) is 0. The number of carbonyl (C=O) groups is 1. The van der Waals surface area contributed by atoms with E-state index in [0.717, 1.165) is 16.9 Å². The van der Waals surface area contributed by atoms with Crippen LogP contribution in [0.5, 0.6) is 0 Å². The highest BCUT2D eigenvalue weighted by atomic mass is 32.2. The third-order valence-electron chi connectivity index (χ3n) is 6.53. The summed E-state index contributed by atoms with van der Waals surface area (Å²) in [6, 6.07) is 6.02. The highest BCUT2D eigenvalue weighted by molar-refractivity contribution is 7.93. The molecule has 0 bridgehead atoms. The predicted octanol–water partition coefficient (Wildman–Crippen LogP) is 3.36. The van der Waals surface area contributed by atoms with Gasteiger partial charge in [-0.05, 0) is 55.5 Å². The van der Waals surface area contributed by atoms with Gasteiger partial charge < -0.3 is 9.80 Å². The van der Waals surface area contributed by atoms with Crippen LogP contribution in [-0.4, -0.2) is 62.2 Å². The second kappa shape index (κ2) is 8.93. The molecule has 0 aliphatic carbocycles. The Hall–Kier alpha value is -2.68. The van der Waals surface area contributed by atoms with Crippen LogP contribution in [0.3, 0.4) is 0 Å². The molecule has 7 nitrogen and oxygen atoms in total. The molecule has 2 aliphatic rings. The van der Waals surface area contributed by atoms with E-state index in [-0.39, 0.29) is 34.9 Å². The molecule has 2 aromatic rings. The molecule has 33 heavy (non-hydrogen) atoms. The number of carbonyl (C=O) groups excluding carboxylic acids is 1. The Morgan fingerprint density at radius 3 is 2.42 bits per heavy atom. The number of sulfonamides is 1. The van der Waals surface area contributed by atoms with Crippen LogP contribution in [0.2, 0.25) is 0 Å². The fraction of sp³-hybridized carbons (Fsp3) is 0.500. The van der Waals surface area contributed by atoms with Crippen LogP contribution < -0.4 is 9.21 Å². The van der Waals surface area contributed by atoms with Gasteiger partial charge in [0.25, 0.3) is 5.91 Å². The number of hydrogen-bond acceptors (Lipinski definition) is 5. The van der Waals surface area contributed by atoms with E-state index < -0.39 is 15.8 Å². The highest BCUT2D eigenvalue weighted by Gasteiger charge is 2.39. The van der Waals surface area contributed by atoms with Gasteiger partial charge in [-0.1, -0.05) is 19.9 Å². The summed E-state index contributed by atoms with van der Waals surface area (Å²) < 4.78 is 41.5. The van der Waals surface area contributed by atoms with E-state index in [9.17, 15) is 13.2 Å². The molecule has 4 rings (SSSR count). The Bertz CT molecular complexity index is 1160. The van der Waals surface area contributed by atoms with E-state index in [1.807, 2.05) is 33.9 Å². The molecule has 2 saturated heterocycles. The van der Waals surface area contributed by atoms with Gasteiger partial charge >= 0.3 is 0 Å². The second-order valence-electron chi connectivity index (χ2n) is 9.31. The molecule has 3 heterocycles. The summed E-state index contributed by atoms with van der Waals surface area (Å²) in [7, 11) is -3.48. The number of amides is 1. The van der Waals surface area contributed by atoms with Crippen molar-refractivity contribution in [1.82, 2.24) is 9.88 Å². The maximum Gasteiger partial charge on any atom is 0.256 e. The summed E-state index contributed by atoms with van der Waals surface area (Å²) >= 11 is 0. The van der Waals surface area contributed by atoms with Crippen molar-refractivity contribution in [2.24, 2.45) is 5.92 Å². The van der Waals surface area contributed by atoms with Gasteiger partial charge in [-0.15, -0.1) is 0 Å². The Kier molecular flexibility index (Phi) is 6.35. The van der Waals surface area contributed by atoms with E-state index in [4.69, 9.17) is 0 Å². The van der Waals surface area contributed by atoms with Gasteiger partial charge in [0.15, 0.2) is 0 Å². The minimum absolute atomic E-state index is 0.0328. The summed E-state index contributed by atoms with van der Waals surface area (Å²) in [4.78, 5) is 21.3. The zero-order chi connectivity index (χ0) is 23.9. The molecule has 1 amide bonds. The molecular formula is C24H31FN4O3S. The third-order valence-corrected chi connectivity index (χ3v) is 8.37. The molecular weight excluding hydrogens is 443 g/mol. The van der Waals surface area contributed by atoms with Gasteiger partial charge in [-0.2, -0.15) is 0 Å². The first-order chi connectivity index (χ1) is 15.6. The maximum absolute atomic E-state index is 15.0. The van der Waals surface area contributed by atoms with E-state index in [0.29, 0.717) is 32.6 Å². The van der Waals surface area contributed by atoms with Gasteiger partial charge in [-0.25, -0.2) is 17.8 Å². The molecule has 0 radical (unpaired) electrons. The van der Waals surface area contributed by atoms with E-state index in [1.165, 1.54) is 16.4 Å². The normalized spacial score (nSPS) is 20.5. The zero-order valence-corrected chi connectivity index (χ0v) is 20.4. The van der Waals surface area contributed by atoms with Gasteiger partial charge in [0.1, 0.15) is 11.6 Å². The lowest BCUT2D eigenvalue weighted by molar-refractivity contribution is 0.0742. The predicted molar refractivity (Wildman–Crippen MR) is 128 cm³/mol. The lowest BCUT2D eigenvalue weighted by atomic mass is 10.0. The van der Waals surface area contributed by atoms with Gasteiger partial charge in [-0.3, -0.25) is 9.10 Å². The van der Waals surface area contributed by atoms with Crippen LogP contribution in [0.1, 0.15) is 41.8 Å². The number of aromatic nitrogens is 1. The van der Waals surface area contributed by atoms with Gasteiger partial charge in [0.05, 0.1) is 17.0 Å². The number of halogens is 1. The molecule has 0 spiro atoms. The zero-order valence-electron chi connectivity index (χ0n) is 19.6. The van der Waals surface area contributed by atoms with Crippen molar-refractivity contribution in [1.29, 1.82) is 0 Å². The number of aryl methyl sites for hydroxylation is 2. The summed E-state index contributed by atoms with van der Waals surface area (Å²) in [6.07, 6.45) is 2.35. The van der Waals surface area contributed by atoms with E-state index >= 15 is 4.39 Å². The van der Waals surface area contributed by atoms with Crippen LogP contribution in [0.25, 0.3) is 0 Å². The van der Waals surface area contributed by atoms with Crippen molar-refractivity contribution in [2.75, 3.05) is 41.1 Å². The smallest absolute Gasteiger partial charge is 0.256 e. The Balaban J connectivity index is 1.48. The highest BCUT2D eigenvalue weighted by Crippen LogP contribution is 2.33. The standard InChI is InChI=1S/C24H31FN4O3S/c1-16(2)22-7-12-33(31,32)29(22)19-5-6-20(21(25)14-19)24(30)28-10-8-27(9-11-28)23-18(4)13-17(3)15-26-23/h5-6,13-16,22H,7-12H2,1-4H3/t22-/m0/s1. The van der Waals surface area contributed by atoms with Crippen LogP contribution in [0.4, 0.5) is 15.9 Å².